The molecule has 0 radical (unpaired) electrons. The Morgan fingerprint density at radius 1 is 1.06 bits per heavy atom. The summed E-state index contributed by atoms with van der Waals surface area (Å²) in [5.74, 6) is -0.0740. The predicted octanol–water partition coefficient (Wildman–Crippen LogP) is -0.340. The van der Waals surface area contributed by atoms with Crippen LogP contribution in [0.3, 0.4) is 0 Å². The lowest BCUT2D eigenvalue weighted by Crippen LogP contribution is -2.54. The number of rotatable bonds is 3. The summed E-state index contributed by atoms with van der Waals surface area (Å²) in [5, 5.41) is 0. The lowest BCUT2D eigenvalue weighted by atomic mass is 10.1. The normalized spacial score (nSPS) is 19.9. The van der Waals surface area contributed by atoms with Gasteiger partial charge < -0.3 is 10.6 Å². The number of carbonyl (C=O) groups is 2. The molecule has 5 heteroatoms. The number of amides is 2. The van der Waals surface area contributed by atoms with E-state index in [9.17, 15) is 9.59 Å². The van der Waals surface area contributed by atoms with Crippen molar-refractivity contribution in [3.05, 3.63) is 0 Å². The van der Waals surface area contributed by atoms with Crippen molar-refractivity contribution in [2.45, 2.75) is 26.8 Å². The number of carbonyl (C=O) groups excluding carboxylic acids is 2. The van der Waals surface area contributed by atoms with Crippen molar-refractivity contribution in [2.75, 3.05) is 26.2 Å². The summed E-state index contributed by atoms with van der Waals surface area (Å²) in [7, 11) is 0. The Morgan fingerprint density at radius 3 is 1.94 bits per heavy atom. The SMILES string of the molecule is CC(C)C(=O)N1CCN(C(C)C(N)=O)CC1. The highest BCUT2D eigenvalue weighted by Gasteiger charge is 2.26. The van der Waals surface area contributed by atoms with Gasteiger partial charge >= 0.3 is 0 Å². The molecule has 0 aromatic carbocycles. The van der Waals surface area contributed by atoms with Gasteiger partial charge in [0.15, 0.2) is 0 Å². The van der Waals surface area contributed by atoms with E-state index in [1.54, 1.807) is 0 Å². The Balaban J connectivity index is 2.45. The van der Waals surface area contributed by atoms with E-state index in [0.717, 1.165) is 13.1 Å². The lowest BCUT2D eigenvalue weighted by molar-refractivity contribution is -0.137. The van der Waals surface area contributed by atoms with Gasteiger partial charge in [0, 0.05) is 32.1 Å². The average molecular weight is 227 g/mol. The molecule has 2 N–H and O–H groups in total. The van der Waals surface area contributed by atoms with E-state index in [-0.39, 0.29) is 23.8 Å². The van der Waals surface area contributed by atoms with E-state index >= 15 is 0 Å². The van der Waals surface area contributed by atoms with E-state index in [2.05, 4.69) is 0 Å². The Morgan fingerprint density at radius 2 is 1.56 bits per heavy atom. The molecule has 1 aliphatic heterocycles. The zero-order valence-corrected chi connectivity index (χ0v) is 10.3. The summed E-state index contributed by atoms with van der Waals surface area (Å²) >= 11 is 0. The summed E-state index contributed by atoms with van der Waals surface area (Å²) in [4.78, 5) is 26.6. The average Bonchev–Trinajstić information content (AvgIpc) is 2.27. The molecule has 1 fully saturated rings. The lowest BCUT2D eigenvalue weighted by Gasteiger charge is -2.37. The minimum absolute atomic E-state index is 0.0418. The van der Waals surface area contributed by atoms with E-state index in [1.165, 1.54) is 0 Å². The van der Waals surface area contributed by atoms with Gasteiger partial charge in [0.05, 0.1) is 6.04 Å². The third kappa shape index (κ3) is 2.95. The standard InChI is InChI=1S/C11H21N3O2/c1-8(2)11(16)14-6-4-13(5-7-14)9(3)10(12)15/h8-9H,4-7H2,1-3H3,(H2,12,15). The van der Waals surface area contributed by atoms with Crippen LogP contribution < -0.4 is 5.73 Å². The largest absolute Gasteiger partial charge is 0.368 e. The Kier molecular flexibility index (Phi) is 4.29. The quantitative estimate of drug-likeness (QED) is 0.717. The maximum Gasteiger partial charge on any atom is 0.234 e. The minimum Gasteiger partial charge on any atom is -0.368 e. The fraction of sp³-hybridized carbons (Fsp3) is 0.818. The number of hydrogen-bond donors (Lipinski definition) is 1. The fourth-order valence-corrected chi connectivity index (χ4v) is 1.87. The second-order valence-corrected chi connectivity index (χ2v) is 4.59. The van der Waals surface area contributed by atoms with Crippen molar-refractivity contribution in [1.82, 2.24) is 9.80 Å². The smallest absolute Gasteiger partial charge is 0.234 e. The molecule has 0 aromatic heterocycles. The molecule has 1 atom stereocenters. The molecule has 0 spiro atoms. The maximum absolute atomic E-state index is 11.7. The Hall–Kier alpha value is -1.10. The number of piperazine rings is 1. The molecule has 0 aliphatic carbocycles. The number of nitrogens with zero attached hydrogens (tertiary/aromatic N) is 2. The first-order valence-corrected chi connectivity index (χ1v) is 5.75. The number of nitrogens with two attached hydrogens (primary N) is 1. The van der Waals surface area contributed by atoms with Crippen molar-refractivity contribution in [3.8, 4) is 0 Å². The molecular weight excluding hydrogens is 206 g/mol. The molecule has 92 valence electrons. The van der Waals surface area contributed by atoms with Gasteiger partial charge in [0.1, 0.15) is 0 Å². The highest BCUT2D eigenvalue weighted by atomic mass is 16.2. The van der Waals surface area contributed by atoms with E-state index in [4.69, 9.17) is 5.73 Å². The monoisotopic (exact) mass is 227 g/mol. The Bertz CT molecular complexity index is 270. The van der Waals surface area contributed by atoms with Crippen LogP contribution in [0.2, 0.25) is 0 Å². The van der Waals surface area contributed by atoms with E-state index in [0.29, 0.717) is 13.1 Å². The first kappa shape index (κ1) is 13.0. The fourth-order valence-electron chi connectivity index (χ4n) is 1.87. The molecule has 1 heterocycles. The highest BCUT2D eigenvalue weighted by Crippen LogP contribution is 2.09. The zero-order chi connectivity index (χ0) is 12.3. The summed E-state index contributed by atoms with van der Waals surface area (Å²) in [6.45, 7) is 8.44. The van der Waals surface area contributed by atoms with Gasteiger partial charge in [-0.15, -0.1) is 0 Å². The van der Waals surface area contributed by atoms with Crippen LogP contribution in [-0.4, -0.2) is 53.8 Å². The van der Waals surface area contributed by atoms with Gasteiger partial charge in [-0.1, -0.05) is 13.8 Å². The molecular formula is C11H21N3O2. The first-order valence-electron chi connectivity index (χ1n) is 5.75. The second-order valence-electron chi connectivity index (χ2n) is 4.59. The maximum atomic E-state index is 11.7. The topological polar surface area (TPSA) is 66.6 Å². The van der Waals surface area contributed by atoms with Gasteiger partial charge in [-0.3, -0.25) is 14.5 Å². The van der Waals surface area contributed by atoms with Crippen LogP contribution in [0.4, 0.5) is 0 Å². The van der Waals surface area contributed by atoms with Crippen LogP contribution in [0.25, 0.3) is 0 Å². The molecule has 0 saturated carbocycles. The van der Waals surface area contributed by atoms with Gasteiger partial charge in [-0.05, 0) is 6.92 Å². The van der Waals surface area contributed by atoms with Crippen molar-refractivity contribution >= 4 is 11.8 Å². The van der Waals surface area contributed by atoms with Gasteiger partial charge in [-0.2, -0.15) is 0 Å². The highest BCUT2D eigenvalue weighted by molar-refractivity contribution is 5.80. The minimum atomic E-state index is -0.302. The third-order valence-electron chi connectivity index (χ3n) is 3.08. The van der Waals surface area contributed by atoms with Crippen LogP contribution in [-0.2, 0) is 9.59 Å². The first-order chi connectivity index (χ1) is 7.43. The molecule has 1 unspecified atom stereocenters. The second kappa shape index (κ2) is 5.30. The van der Waals surface area contributed by atoms with Gasteiger partial charge in [0.25, 0.3) is 0 Å². The molecule has 0 aromatic rings. The summed E-state index contributed by atoms with van der Waals surface area (Å²) < 4.78 is 0. The molecule has 1 saturated heterocycles. The summed E-state index contributed by atoms with van der Waals surface area (Å²) in [5.41, 5.74) is 5.25. The molecule has 1 aliphatic rings. The third-order valence-corrected chi connectivity index (χ3v) is 3.08. The van der Waals surface area contributed by atoms with Crippen molar-refractivity contribution in [2.24, 2.45) is 11.7 Å². The Labute approximate surface area is 96.6 Å². The molecule has 2 amide bonds. The summed E-state index contributed by atoms with van der Waals surface area (Å²) in [6.07, 6.45) is 0. The van der Waals surface area contributed by atoms with Crippen LogP contribution in [0, 0.1) is 5.92 Å². The zero-order valence-electron chi connectivity index (χ0n) is 10.3. The van der Waals surface area contributed by atoms with Crippen molar-refractivity contribution < 1.29 is 9.59 Å². The number of hydrogen-bond acceptors (Lipinski definition) is 3. The van der Waals surface area contributed by atoms with Crippen molar-refractivity contribution in [1.29, 1.82) is 0 Å². The molecule has 5 nitrogen and oxygen atoms in total. The van der Waals surface area contributed by atoms with E-state index in [1.807, 2.05) is 30.6 Å². The van der Waals surface area contributed by atoms with Crippen LogP contribution in [0.5, 0.6) is 0 Å². The van der Waals surface area contributed by atoms with Gasteiger partial charge in [0.2, 0.25) is 11.8 Å². The van der Waals surface area contributed by atoms with Crippen LogP contribution >= 0.6 is 0 Å². The number of primary amides is 1. The van der Waals surface area contributed by atoms with Crippen LogP contribution in [0.15, 0.2) is 0 Å². The van der Waals surface area contributed by atoms with Gasteiger partial charge in [-0.25, -0.2) is 0 Å². The predicted molar refractivity (Wildman–Crippen MR) is 61.6 cm³/mol. The molecule has 0 bridgehead atoms. The molecule has 1 rings (SSSR count). The molecule has 16 heavy (non-hydrogen) atoms. The van der Waals surface area contributed by atoms with Crippen LogP contribution in [0.1, 0.15) is 20.8 Å². The van der Waals surface area contributed by atoms with Crippen molar-refractivity contribution in [3.63, 3.8) is 0 Å². The van der Waals surface area contributed by atoms with E-state index < -0.39 is 0 Å². The summed E-state index contributed by atoms with van der Waals surface area (Å²) in [6, 6.07) is -0.240.